The van der Waals surface area contributed by atoms with Crippen LogP contribution in [0.4, 0.5) is 5.69 Å². The quantitative estimate of drug-likeness (QED) is 0.736. The summed E-state index contributed by atoms with van der Waals surface area (Å²) in [6, 6.07) is 6.55. The molecule has 0 radical (unpaired) electrons. The lowest BCUT2D eigenvalue weighted by Gasteiger charge is -2.21. The van der Waals surface area contributed by atoms with Gasteiger partial charge in [-0.15, -0.1) is 0 Å². The Morgan fingerprint density at radius 3 is 2.71 bits per heavy atom. The van der Waals surface area contributed by atoms with E-state index in [-0.39, 0.29) is 0 Å². The van der Waals surface area contributed by atoms with Gasteiger partial charge in [-0.25, -0.2) is 0 Å². The van der Waals surface area contributed by atoms with Crippen molar-refractivity contribution in [2.24, 2.45) is 5.73 Å². The molecule has 0 atom stereocenters. The zero-order chi connectivity index (χ0) is 12.7. The number of hydrogen-bond donors (Lipinski definition) is 1. The molecule has 0 spiro atoms. The van der Waals surface area contributed by atoms with Gasteiger partial charge in [-0.3, -0.25) is 0 Å². The van der Waals surface area contributed by atoms with E-state index in [1.54, 1.807) is 0 Å². The normalized spacial score (nSPS) is 10.6. The van der Waals surface area contributed by atoms with Crippen LogP contribution in [0.2, 0.25) is 0 Å². The van der Waals surface area contributed by atoms with Crippen LogP contribution in [-0.4, -0.2) is 33.4 Å². The Bertz CT molecular complexity index is 339. The molecular weight excluding hydrogens is 212 g/mol. The minimum atomic E-state index is 0.707. The van der Waals surface area contributed by atoms with Crippen molar-refractivity contribution < 1.29 is 4.74 Å². The lowest BCUT2D eigenvalue weighted by Crippen LogP contribution is -2.23. The Morgan fingerprint density at radius 2 is 2.12 bits per heavy atom. The number of rotatable bonds is 7. The predicted molar refractivity (Wildman–Crippen MR) is 73.7 cm³/mol. The van der Waals surface area contributed by atoms with E-state index >= 15 is 0 Å². The largest absolute Gasteiger partial charge is 0.380 e. The van der Waals surface area contributed by atoms with E-state index in [2.05, 4.69) is 37.1 Å². The van der Waals surface area contributed by atoms with Gasteiger partial charge in [0.15, 0.2) is 0 Å². The van der Waals surface area contributed by atoms with E-state index in [4.69, 9.17) is 10.5 Å². The Labute approximate surface area is 105 Å². The number of benzene rings is 1. The number of aryl methyl sites for hydroxylation is 1. The molecule has 0 unspecified atom stereocenters. The van der Waals surface area contributed by atoms with Gasteiger partial charge in [0.2, 0.25) is 0 Å². The molecule has 0 heterocycles. The molecule has 17 heavy (non-hydrogen) atoms. The third kappa shape index (κ3) is 4.36. The van der Waals surface area contributed by atoms with E-state index in [0.717, 1.165) is 26.2 Å². The lowest BCUT2D eigenvalue weighted by molar-refractivity contribution is 0.154. The maximum absolute atomic E-state index is 5.56. The summed E-state index contributed by atoms with van der Waals surface area (Å²) in [6.07, 6.45) is 0.948. The zero-order valence-electron chi connectivity index (χ0n) is 11.2. The molecule has 0 amide bonds. The summed E-state index contributed by atoms with van der Waals surface area (Å²) in [6.45, 7) is 7.35. The smallest absolute Gasteiger partial charge is 0.0641 e. The highest BCUT2D eigenvalue weighted by molar-refractivity contribution is 5.53. The number of hydrogen-bond acceptors (Lipinski definition) is 3. The molecule has 1 aromatic carbocycles. The minimum absolute atomic E-state index is 0.707. The first-order chi connectivity index (χ1) is 8.19. The van der Waals surface area contributed by atoms with E-state index in [1.807, 2.05) is 6.92 Å². The summed E-state index contributed by atoms with van der Waals surface area (Å²) in [7, 11) is 2.10. The Kier molecular flexibility index (Phi) is 6.01. The molecule has 0 aromatic heterocycles. The molecule has 3 heteroatoms. The molecule has 0 aliphatic heterocycles. The second kappa shape index (κ2) is 7.30. The number of likely N-dealkylation sites (N-methyl/N-ethyl adjacent to an activating group) is 1. The molecule has 3 nitrogen and oxygen atoms in total. The monoisotopic (exact) mass is 236 g/mol. The fraction of sp³-hybridized carbons (Fsp3) is 0.571. The zero-order valence-corrected chi connectivity index (χ0v) is 11.2. The van der Waals surface area contributed by atoms with Crippen LogP contribution < -0.4 is 10.6 Å². The van der Waals surface area contributed by atoms with Crippen molar-refractivity contribution in [3.8, 4) is 0 Å². The van der Waals surface area contributed by atoms with Gasteiger partial charge >= 0.3 is 0 Å². The molecule has 1 aromatic rings. The second-order valence-corrected chi connectivity index (χ2v) is 4.28. The van der Waals surface area contributed by atoms with Crippen molar-refractivity contribution in [2.45, 2.75) is 20.3 Å². The Hall–Kier alpha value is -1.06. The fourth-order valence-corrected chi connectivity index (χ4v) is 1.93. The van der Waals surface area contributed by atoms with Crippen molar-refractivity contribution >= 4 is 5.69 Å². The first-order valence-corrected chi connectivity index (χ1v) is 6.27. The molecule has 0 aliphatic carbocycles. The third-order valence-electron chi connectivity index (χ3n) is 2.88. The number of nitrogens with two attached hydrogens (primary N) is 1. The van der Waals surface area contributed by atoms with Crippen molar-refractivity contribution in [1.29, 1.82) is 0 Å². The van der Waals surface area contributed by atoms with Gasteiger partial charge in [0.05, 0.1) is 6.61 Å². The average Bonchev–Trinajstić information content (AvgIpc) is 2.29. The van der Waals surface area contributed by atoms with Crippen LogP contribution in [0.15, 0.2) is 18.2 Å². The third-order valence-corrected chi connectivity index (χ3v) is 2.88. The summed E-state index contributed by atoms with van der Waals surface area (Å²) in [5, 5.41) is 0. The Balaban J connectivity index is 2.63. The van der Waals surface area contributed by atoms with E-state index in [1.165, 1.54) is 16.8 Å². The summed E-state index contributed by atoms with van der Waals surface area (Å²) in [5.74, 6) is 0. The summed E-state index contributed by atoms with van der Waals surface area (Å²) < 4.78 is 5.37. The van der Waals surface area contributed by atoms with E-state index in [0.29, 0.717) is 6.54 Å². The number of anilines is 1. The summed E-state index contributed by atoms with van der Waals surface area (Å²) >= 11 is 0. The van der Waals surface area contributed by atoms with Crippen LogP contribution in [0.3, 0.4) is 0 Å². The van der Waals surface area contributed by atoms with Gasteiger partial charge in [-0.1, -0.05) is 12.1 Å². The van der Waals surface area contributed by atoms with Crippen LogP contribution in [0.5, 0.6) is 0 Å². The molecule has 96 valence electrons. The minimum Gasteiger partial charge on any atom is -0.380 e. The van der Waals surface area contributed by atoms with Crippen LogP contribution in [-0.2, 0) is 11.2 Å². The molecule has 0 saturated heterocycles. The highest BCUT2D eigenvalue weighted by atomic mass is 16.5. The molecular formula is C14H24N2O. The standard InChI is InChI=1S/C14H24N2O/c1-4-17-10-9-16(3)14-6-5-13(7-8-15)11-12(14)2/h5-6,11H,4,7-10,15H2,1-3H3. The first-order valence-electron chi connectivity index (χ1n) is 6.27. The second-order valence-electron chi connectivity index (χ2n) is 4.28. The van der Waals surface area contributed by atoms with Crippen molar-refractivity contribution in [3.05, 3.63) is 29.3 Å². The highest BCUT2D eigenvalue weighted by Gasteiger charge is 2.05. The van der Waals surface area contributed by atoms with Gasteiger partial charge in [0, 0.05) is 25.9 Å². The average molecular weight is 236 g/mol. The Morgan fingerprint density at radius 1 is 1.35 bits per heavy atom. The van der Waals surface area contributed by atoms with Gasteiger partial charge < -0.3 is 15.4 Å². The molecule has 0 bridgehead atoms. The molecule has 1 rings (SSSR count). The molecule has 0 aliphatic rings. The molecule has 2 N–H and O–H groups in total. The first kappa shape index (κ1) is 14.0. The van der Waals surface area contributed by atoms with E-state index < -0.39 is 0 Å². The van der Waals surface area contributed by atoms with Gasteiger partial charge in [-0.05, 0) is 44.0 Å². The SMILES string of the molecule is CCOCCN(C)c1ccc(CCN)cc1C. The predicted octanol–water partition coefficient (Wildman–Crippen LogP) is 1.97. The topological polar surface area (TPSA) is 38.5 Å². The summed E-state index contributed by atoms with van der Waals surface area (Å²) in [5.41, 5.74) is 9.44. The number of nitrogens with zero attached hydrogens (tertiary/aromatic N) is 1. The van der Waals surface area contributed by atoms with Crippen LogP contribution in [0.25, 0.3) is 0 Å². The van der Waals surface area contributed by atoms with Crippen LogP contribution in [0.1, 0.15) is 18.1 Å². The summed E-state index contributed by atoms with van der Waals surface area (Å²) in [4.78, 5) is 2.23. The van der Waals surface area contributed by atoms with Crippen LogP contribution in [0, 0.1) is 6.92 Å². The van der Waals surface area contributed by atoms with E-state index in [9.17, 15) is 0 Å². The molecule has 0 saturated carbocycles. The highest BCUT2D eigenvalue weighted by Crippen LogP contribution is 2.20. The molecule has 0 fully saturated rings. The van der Waals surface area contributed by atoms with Crippen LogP contribution >= 0.6 is 0 Å². The van der Waals surface area contributed by atoms with Gasteiger partial charge in [0.25, 0.3) is 0 Å². The maximum atomic E-state index is 5.56. The van der Waals surface area contributed by atoms with Crippen molar-refractivity contribution in [1.82, 2.24) is 0 Å². The maximum Gasteiger partial charge on any atom is 0.0641 e. The lowest BCUT2D eigenvalue weighted by atomic mass is 10.1. The van der Waals surface area contributed by atoms with Gasteiger partial charge in [-0.2, -0.15) is 0 Å². The van der Waals surface area contributed by atoms with Crippen molar-refractivity contribution in [3.63, 3.8) is 0 Å². The number of ether oxygens (including phenoxy) is 1. The van der Waals surface area contributed by atoms with Crippen molar-refractivity contribution in [2.75, 3.05) is 38.3 Å². The fourth-order valence-electron chi connectivity index (χ4n) is 1.93. The van der Waals surface area contributed by atoms with Gasteiger partial charge in [0.1, 0.15) is 0 Å².